The molecule has 21 heavy (non-hydrogen) atoms. The summed E-state index contributed by atoms with van der Waals surface area (Å²) in [5, 5.41) is 5.47. The predicted octanol–water partition coefficient (Wildman–Crippen LogP) is 4.18. The summed E-state index contributed by atoms with van der Waals surface area (Å²) in [7, 11) is 4.02. The molecule has 0 amide bonds. The second-order valence-electron chi connectivity index (χ2n) is 4.78. The van der Waals surface area contributed by atoms with Crippen molar-refractivity contribution in [3.05, 3.63) is 63.6 Å². The van der Waals surface area contributed by atoms with Gasteiger partial charge in [0.1, 0.15) is 0 Å². The lowest BCUT2D eigenvalue weighted by Gasteiger charge is -2.11. The zero-order valence-electron chi connectivity index (χ0n) is 12.0. The van der Waals surface area contributed by atoms with Crippen LogP contribution in [0.4, 0.5) is 5.69 Å². The van der Waals surface area contributed by atoms with Crippen LogP contribution in [-0.4, -0.2) is 20.3 Å². The first kappa shape index (κ1) is 15.7. The molecule has 0 unspecified atom stereocenters. The van der Waals surface area contributed by atoms with E-state index in [4.69, 9.17) is 23.2 Å². The molecular weight excluding hydrogens is 305 g/mol. The van der Waals surface area contributed by atoms with Crippen molar-refractivity contribution in [1.82, 2.24) is 5.43 Å². The number of nitrogens with zero attached hydrogens (tertiary/aromatic N) is 2. The summed E-state index contributed by atoms with van der Waals surface area (Å²) in [5.74, 6) is 0. The van der Waals surface area contributed by atoms with Gasteiger partial charge in [0, 0.05) is 35.4 Å². The Hall–Kier alpha value is -1.71. The van der Waals surface area contributed by atoms with Crippen molar-refractivity contribution >= 4 is 35.1 Å². The van der Waals surface area contributed by atoms with Crippen LogP contribution in [0.1, 0.15) is 11.1 Å². The first-order chi connectivity index (χ1) is 10.1. The SMILES string of the molecule is CN(C)c1ccc(/C=N\NCc2c(Cl)cccc2Cl)cc1. The van der Waals surface area contributed by atoms with Gasteiger partial charge in [-0.1, -0.05) is 41.4 Å². The Bertz CT molecular complexity index is 602. The minimum atomic E-state index is 0.491. The van der Waals surface area contributed by atoms with Crippen molar-refractivity contribution in [2.24, 2.45) is 5.10 Å². The standard InChI is InChI=1S/C16H17Cl2N3/c1-21(2)13-8-6-12(7-9-13)10-19-20-11-14-15(17)4-3-5-16(14)18/h3-10,20H,11H2,1-2H3/b19-10-. The van der Waals surface area contributed by atoms with Gasteiger partial charge in [-0.3, -0.25) is 0 Å². The lowest BCUT2D eigenvalue weighted by atomic mass is 10.2. The zero-order chi connectivity index (χ0) is 15.2. The molecule has 2 aromatic carbocycles. The Labute approximate surface area is 135 Å². The topological polar surface area (TPSA) is 27.6 Å². The zero-order valence-corrected chi connectivity index (χ0v) is 13.5. The van der Waals surface area contributed by atoms with E-state index in [9.17, 15) is 0 Å². The maximum atomic E-state index is 6.09. The molecule has 0 aliphatic carbocycles. The van der Waals surface area contributed by atoms with Crippen LogP contribution in [0.5, 0.6) is 0 Å². The lowest BCUT2D eigenvalue weighted by Crippen LogP contribution is -2.08. The molecular formula is C16H17Cl2N3. The summed E-state index contributed by atoms with van der Waals surface area (Å²) < 4.78 is 0. The number of rotatable bonds is 5. The van der Waals surface area contributed by atoms with Crippen LogP contribution in [0.3, 0.4) is 0 Å². The van der Waals surface area contributed by atoms with E-state index in [0.717, 1.165) is 16.8 Å². The highest BCUT2D eigenvalue weighted by Crippen LogP contribution is 2.23. The van der Waals surface area contributed by atoms with Crippen LogP contribution < -0.4 is 10.3 Å². The molecule has 1 N–H and O–H groups in total. The van der Waals surface area contributed by atoms with Crippen LogP contribution in [0.25, 0.3) is 0 Å². The van der Waals surface area contributed by atoms with E-state index in [2.05, 4.69) is 15.4 Å². The maximum Gasteiger partial charge on any atom is 0.0609 e. The summed E-state index contributed by atoms with van der Waals surface area (Å²) in [6, 6.07) is 13.6. The highest BCUT2D eigenvalue weighted by Gasteiger charge is 2.03. The third-order valence-corrected chi connectivity index (χ3v) is 3.74. The molecule has 0 saturated heterocycles. The van der Waals surface area contributed by atoms with Gasteiger partial charge in [0.05, 0.1) is 12.8 Å². The van der Waals surface area contributed by atoms with E-state index in [1.165, 1.54) is 0 Å². The van der Waals surface area contributed by atoms with Crippen molar-refractivity contribution in [2.75, 3.05) is 19.0 Å². The van der Waals surface area contributed by atoms with Crippen LogP contribution in [-0.2, 0) is 6.54 Å². The number of hydrazone groups is 1. The number of nitrogens with one attached hydrogen (secondary N) is 1. The van der Waals surface area contributed by atoms with Gasteiger partial charge >= 0.3 is 0 Å². The molecule has 2 rings (SSSR count). The van der Waals surface area contributed by atoms with Gasteiger partial charge in [0.15, 0.2) is 0 Å². The Morgan fingerprint density at radius 1 is 1.05 bits per heavy atom. The van der Waals surface area contributed by atoms with E-state index < -0.39 is 0 Å². The summed E-state index contributed by atoms with van der Waals surface area (Å²) in [5.41, 5.74) is 5.99. The average molecular weight is 322 g/mol. The highest BCUT2D eigenvalue weighted by atomic mass is 35.5. The van der Waals surface area contributed by atoms with Crippen molar-refractivity contribution in [1.29, 1.82) is 0 Å². The summed E-state index contributed by atoms with van der Waals surface area (Å²) in [6.07, 6.45) is 1.77. The Kier molecular flexibility index (Phi) is 5.48. The molecule has 0 aromatic heterocycles. The van der Waals surface area contributed by atoms with E-state index in [-0.39, 0.29) is 0 Å². The minimum Gasteiger partial charge on any atom is -0.378 e. The molecule has 110 valence electrons. The summed E-state index contributed by atoms with van der Waals surface area (Å²) in [6.45, 7) is 0.491. The minimum absolute atomic E-state index is 0.491. The van der Waals surface area contributed by atoms with Gasteiger partial charge in [0.25, 0.3) is 0 Å². The van der Waals surface area contributed by atoms with Gasteiger partial charge in [-0.05, 0) is 29.8 Å². The fourth-order valence-electron chi connectivity index (χ4n) is 1.80. The fraction of sp³-hybridized carbons (Fsp3) is 0.188. The molecule has 0 aliphatic heterocycles. The Morgan fingerprint density at radius 3 is 2.24 bits per heavy atom. The summed E-state index contributed by atoms with van der Waals surface area (Å²) in [4.78, 5) is 2.05. The molecule has 0 saturated carbocycles. The third kappa shape index (κ3) is 4.38. The highest BCUT2D eigenvalue weighted by molar-refractivity contribution is 6.35. The number of hydrogen-bond acceptors (Lipinski definition) is 3. The smallest absolute Gasteiger partial charge is 0.0609 e. The van der Waals surface area contributed by atoms with Crippen LogP contribution in [0.15, 0.2) is 47.6 Å². The van der Waals surface area contributed by atoms with E-state index in [1.807, 2.05) is 56.6 Å². The second kappa shape index (κ2) is 7.34. The normalized spacial score (nSPS) is 10.9. The van der Waals surface area contributed by atoms with Gasteiger partial charge in [0.2, 0.25) is 0 Å². The van der Waals surface area contributed by atoms with Gasteiger partial charge in [-0.2, -0.15) is 5.10 Å². The molecule has 0 heterocycles. The molecule has 3 nitrogen and oxygen atoms in total. The fourth-order valence-corrected chi connectivity index (χ4v) is 2.34. The molecule has 2 aromatic rings. The van der Waals surface area contributed by atoms with Crippen molar-refractivity contribution in [3.8, 4) is 0 Å². The predicted molar refractivity (Wildman–Crippen MR) is 91.7 cm³/mol. The first-order valence-corrected chi connectivity index (χ1v) is 7.29. The molecule has 0 aliphatic rings. The Balaban J connectivity index is 1.94. The summed E-state index contributed by atoms with van der Waals surface area (Å²) >= 11 is 12.2. The van der Waals surface area contributed by atoms with E-state index in [1.54, 1.807) is 6.21 Å². The monoisotopic (exact) mass is 321 g/mol. The Morgan fingerprint density at radius 2 is 1.67 bits per heavy atom. The van der Waals surface area contributed by atoms with E-state index >= 15 is 0 Å². The number of halogens is 2. The van der Waals surface area contributed by atoms with Crippen molar-refractivity contribution in [3.63, 3.8) is 0 Å². The van der Waals surface area contributed by atoms with Gasteiger partial charge in [-0.15, -0.1) is 0 Å². The van der Waals surface area contributed by atoms with Crippen LogP contribution in [0.2, 0.25) is 10.0 Å². The van der Waals surface area contributed by atoms with Crippen molar-refractivity contribution in [2.45, 2.75) is 6.54 Å². The number of hydrogen-bond donors (Lipinski definition) is 1. The number of benzene rings is 2. The lowest BCUT2D eigenvalue weighted by molar-refractivity contribution is 0.748. The third-order valence-electron chi connectivity index (χ3n) is 3.03. The van der Waals surface area contributed by atoms with E-state index in [0.29, 0.717) is 16.6 Å². The molecule has 0 spiro atoms. The molecule has 5 heteroatoms. The van der Waals surface area contributed by atoms with Gasteiger partial charge in [-0.25, -0.2) is 0 Å². The average Bonchev–Trinajstić information content (AvgIpc) is 2.46. The molecule has 0 atom stereocenters. The molecule has 0 radical (unpaired) electrons. The van der Waals surface area contributed by atoms with Crippen molar-refractivity contribution < 1.29 is 0 Å². The largest absolute Gasteiger partial charge is 0.378 e. The second-order valence-corrected chi connectivity index (χ2v) is 5.59. The van der Waals surface area contributed by atoms with Crippen LogP contribution in [0, 0.1) is 0 Å². The van der Waals surface area contributed by atoms with Gasteiger partial charge < -0.3 is 10.3 Å². The number of anilines is 1. The van der Waals surface area contributed by atoms with Crippen LogP contribution >= 0.6 is 23.2 Å². The maximum absolute atomic E-state index is 6.09. The molecule has 0 bridgehead atoms. The first-order valence-electron chi connectivity index (χ1n) is 6.54. The quantitative estimate of drug-likeness (QED) is 0.660. The molecule has 0 fully saturated rings.